The van der Waals surface area contributed by atoms with E-state index in [2.05, 4.69) is 109 Å². The van der Waals surface area contributed by atoms with Crippen LogP contribution in [0.25, 0.3) is 0 Å². The Morgan fingerprint density at radius 3 is 1.47 bits per heavy atom. The topological polar surface area (TPSA) is 56.5 Å². The fourth-order valence-corrected chi connectivity index (χ4v) is 6.78. The van der Waals surface area contributed by atoms with Crippen LogP contribution < -0.4 is 11.1 Å². The lowest BCUT2D eigenvalue weighted by atomic mass is 10.0. The highest BCUT2D eigenvalue weighted by atomic mass is 32.1. The third-order valence-electron chi connectivity index (χ3n) is 10.5. The van der Waals surface area contributed by atoms with Crippen molar-refractivity contribution in [2.24, 2.45) is 11.7 Å². The van der Waals surface area contributed by atoms with E-state index in [1.807, 2.05) is 39.2 Å². The summed E-state index contributed by atoms with van der Waals surface area (Å²) in [6.07, 6.45) is 53.4. The number of ether oxygens (including phenoxy) is 2. The van der Waals surface area contributed by atoms with Crippen LogP contribution in [0.15, 0.2) is 62.3 Å². The molecule has 4 atom stereocenters. The van der Waals surface area contributed by atoms with Crippen LogP contribution in [-0.4, -0.2) is 44.0 Å². The number of rotatable bonds is 35. The number of hydrogen-bond acceptors (Lipinski definition) is 4. The molecule has 0 spiro atoms. The lowest BCUT2D eigenvalue weighted by Crippen LogP contribution is -2.27. The molecule has 0 aromatic heterocycles. The van der Waals surface area contributed by atoms with Crippen molar-refractivity contribution in [1.82, 2.24) is 5.32 Å². The van der Waals surface area contributed by atoms with Gasteiger partial charge >= 0.3 is 0 Å². The van der Waals surface area contributed by atoms with E-state index in [1.54, 1.807) is 0 Å². The van der Waals surface area contributed by atoms with Crippen molar-refractivity contribution in [3.05, 3.63) is 62.3 Å². The van der Waals surface area contributed by atoms with Crippen LogP contribution in [0.2, 0.25) is 0 Å². The maximum Gasteiger partial charge on any atom is 0.0756 e. The smallest absolute Gasteiger partial charge is 0.0756 e. The lowest BCUT2D eigenvalue weighted by molar-refractivity contribution is 0.0691. The highest BCUT2D eigenvalue weighted by molar-refractivity contribution is 7.78. The van der Waals surface area contributed by atoms with E-state index in [0.29, 0.717) is 12.1 Å². The summed E-state index contributed by atoms with van der Waals surface area (Å²) in [7, 11) is 1.84. The van der Waals surface area contributed by atoms with Gasteiger partial charge in [0.25, 0.3) is 0 Å². The van der Waals surface area contributed by atoms with Crippen molar-refractivity contribution >= 4 is 17.7 Å². The molecule has 0 aromatic rings. The first-order valence-electron chi connectivity index (χ1n) is 25.6. The molecule has 4 unspecified atom stereocenters. The molecular weight excluding hydrogens is 753 g/mol. The van der Waals surface area contributed by atoms with Crippen LogP contribution in [0.5, 0.6) is 0 Å². The number of nitrogens with one attached hydrogen (secondary N) is 1. The van der Waals surface area contributed by atoms with Gasteiger partial charge in [-0.2, -0.15) is 0 Å². The van der Waals surface area contributed by atoms with Crippen LogP contribution in [0, 0.1) is 5.92 Å². The van der Waals surface area contributed by atoms with E-state index in [4.69, 9.17) is 9.47 Å². The first-order valence-corrected chi connectivity index (χ1v) is 26.1. The third-order valence-corrected chi connectivity index (χ3v) is 10.5. The van der Waals surface area contributed by atoms with Crippen molar-refractivity contribution in [2.45, 2.75) is 260 Å². The molecule has 60 heavy (non-hydrogen) atoms. The summed E-state index contributed by atoms with van der Waals surface area (Å²) in [6.45, 7) is 30.8. The fourth-order valence-electron chi connectivity index (χ4n) is 6.78. The van der Waals surface area contributed by atoms with Gasteiger partial charge in [-0.25, -0.2) is 0 Å². The second-order valence-electron chi connectivity index (χ2n) is 15.9. The second kappa shape index (κ2) is 66.6. The molecule has 4 nitrogen and oxygen atoms in total. The fraction of sp³-hybridized carbons (Fsp3) is 0.800. The molecule has 0 aromatic carbocycles. The van der Waals surface area contributed by atoms with Gasteiger partial charge in [0.15, 0.2) is 0 Å². The molecule has 3 N–H and O–H groups in total. The monoisotopic (exact) mass is 863 g/mol. The van der Waals surface area contributed by atoms with Gasteiger partial charge in [-0.3, -0.25) is 0 Å². The molecule has 1 rings (SSSR count). The molecule has 0 amide bonds. The first kappa shape index (κ1) is 67.5. The van der Waals surface area contributed by atoms with Crippen LogP contribution in [-0.2, 0) is 9.47 Å². The number of allylic oxidation sites excluding steroid dienone is 6. The summed E-state index contributed by atoms with van der Waals surface area (Å²) in [5, 5.41) is 3.58. The predicted molar refractivity (Wildman–Crippen MR) is 282 cm³/mol. The summed E-state index contributed by atoms with van der Waals surface area (Å²) in [5.41, 5.74) is 5.62. The number of thiocarbonyl (C=S) groups is 1. The van der Waals surface area contributed by atoms with Gasteiger partial charge in [0, 0.05) is 19.8 Å². The molecule has 0 heterocycles. The molecule has 1 aliphatic carbocycles. The summed E-state index contributed by atoms with van der Waals surface area (Å²) in [6, 6.07) is 0.704. The van der Waals surface area contributed by atoms with Crippen LogP contribution in [0.4, 0.5) is 0 Å². The maximum absolute atomic E-state index is 5.73. The Morgan fingerprint density at radius 1 is 0.617 bits per heavy atom. The van der Waals surface area contributed by atoms with Gasteiger partial charge in [0.1, 0.15) is 0 Å². The van der Waals surface area contributed by atoms with Crippen LogP contribution in [0.3, 0.4) is 0 Å². The SMILES string of the molecule is C=CCCC(C=C)OCCCCCCCC.C=CCCCCCC/C=C/C=C/CCCCC.CC.CCCCCCCCC.CCCNC1CC(CC)C(OC)C1.NC=S. The highest BCUT2D eigenvalue weighted by Crippen LogP contribution is 2.30. The molecule has 0 saturated heterocycles. The Kier molecular flexibility index (Phi) is 74.9. The number of methoxy groups -OCH3 is 1. The Bertz CT molecular complexity index is 826. The van der Waals surface area contributed by atoms with Crippen molar-refractivity contribution in [3.8, 4) is 0 Å². The van der Waals surface area contributed by atoms with Crippen molar-refractivity contribution in [2.75, 3.05) is 20.3 Å². The van der Waals surface area contributed by atoms with Crippen LogP contribution >= 0.6 is 12.2 Å². The van der Waals surface area contributed by atoms with E-state index in [0.717, 1.165) is 37.4 Å². The Labute approximate surface area is 384 Å². The van der Waals surface area contributed by atoms with Crippen molar-refractivity contribution < 1.29 is 9.47 Å². The van der Waals surface area contributed by atoms with Crippen molar-refractivity contribution in [1.29, 1.82) is 0 Å². The Hall–Kier alpha value is -1.53. The largest absolute Gasteiger partial charge is 0.396 e. The summed E-state index contributed by atoms with van der Waals surface area (Å²) < 4.78 is 11.2. The predicted octanol–water partition coefficient (Wildman–Crippen LogP) is 18.0. The molecule has 1 saturated carbocycles. The molecular formula is C55H110N2O2S. The van der Waals surface area contributed by atoms with Gasteiger partial charge < -0.3 is 20.5 Å². The van der Waals surface area contributed by atoms with Gasteiger partial charge in [-0.05, 0) is 89.5 Å². The molecule has 0 aliphatic heterocycles. The number of hydrogen-bond donors (Lipinski definition) is 2. The summed E-state index contributed by atoms with van der Waals surface area (Å²) in [5.74, 6) is 0.777. The number of unbranched alkanes of at least 4 members (excludes halogenated alkanes) is 19. The van der Waals surface area contributed by atoms with Crippen LogP contribution in [0.1, 0.15) is 242 Å². The van der Waals surface area contributed by atoms with E-state index in [-0.39, 0.29) is 6.10 Å². The Morgan fingerprint density at radius 2 is 1.05 bits per heavy atom. The average Bonchev–Trinajstić information content (AvgIpc) is 3.69. The minimum atomic E-state index is 0.216. The zero-order valence-electron chi connectivity index (χ0n) is 42.3. The summed E-state index contributed by atoms with van der Waals surface area (Å²) in [4.78, 5) is 0. The molecule has 5 heteroatoms. The van der Waals surface area contributed by atoms with E-state index in [1.165, 1.54) is 173 Å². The van der Waals surface area contributed by atoms with Crippen molar-refractivity contribution in [3.63, 3.8) is 0 Å². The molecule has 1 fully saturated rings. The number of nitrogens with two attached hydrogens (primary N) is 1. The van der Waals surface area contributed by atoms with Gasteiger partial charge in [0.2, 0.25) is 0 Å². The molecule has 358 valence electrons. The van der Waals surface area contributed by atoms with Gasteiger partial charge in [-0.15, -0.1) is 19.7 Å². The molecule has 0 bridgehead atoms. The summed E-state index contributed by atoms with van der Waals surface area (Å²) >= 11 is 4.05. The van der Waals surface area contributed by atoms with E-state index < -0.39 is 0 Å². The standard InChI is InChI=1S/C17H30.C15H28O.C11H23NO.C9H20.C2H6.CH3NS/c1-3-5-7-9-11-13-15-17-16-14-12-10-8-6-4-2;1-4-7-9-10-11-12-14-16-15(6-3)13-8-5-2;1-4-6-12-10-7-9(5-2)11(8-10)13-3;1-3-5-7-9-8-6-4-2;1-2;2-1-3/h3,12,14,16-17H,1,4-11,13,15H2,2H3;5-6,15H,2-4,7-14H2,1H3;9-12H,4-8H2,1-3H3;3-9H2,1-2H3;1-2H3;1H,(H2,2,3)/b14-12+,17-16+;;;;;. The normalized spacial score (nSPS) is 15.7. The van der Waals surface area contributed by atoms with Gasteiger partial charge in [-0.1, -0.05) is 219 Å². The quantitative estimate of drug-likeness (QED) is 0.0288. The van der Waals surface area contributed by atoms with E-state index >= 15 is 0 Å². The Balaban J connectivity index is -0.000000220. The third kappa shape index (κ3) is 60.8. The molecule has 1 aliphatic rings. The average molecular weight is 864 g/mol. The van der Waals surface area contributed by atoms with Gasteiger partial charge in [0.05, 0.1) is 17.7 Å². The molecule has 0 radical (unpaired) electrons. The first-order chi connectivity index (χ1) is 29.4. The minimum absolute atomic E-state index is 0.216. The highest BCUT2D eigenvalue weighted by Gasteiger charge is 2.32. The minimum Gasteiger partial charge on any atom is -0.396 e. The lowest BCUT2D eigenvalue weighted by Gasteiger charge is -2.14. The van der Waals surface area contributed by atoms with E-state index in [9.17, 15) is 0 Å². The second-order valence-corrected chi connectivity index (χ2v) is 16.2. The zero-order chi connectivity index (χ0) is 46.0. The zero-order valence-corrected chi connectivity index (χ0v) is 43.1. The maximum atomic E-state index is 5.73.